The van der Waals surface area contributed by atoms with Crippen LogP contribution in [0.2, 0.25) is 0 Å². The molecule has 8 nitrogen and oxygen atoms in total. The second-order valence-electron chi connectivity index (χ2n) is 7.59. The first-order valence-electron chi connectivity index (χ1n) is 9.67. The van der Waals surface area contributed by atoms with Gasteiger partial charge in [-0.05, 0) is 30.9 Å². The average Bonchev–Trinajstić information content (AvgIpc) is 3.17. The summed E-state index contributed by atoms with van der Waals surface area (Å²) in [5.74, 6) is -0.295. The summed E-state index contributed by atoms with van der Waals surface area (Å²) in [5, 5.41) is 17.2. The Hall–Kier alpha value is -2.74. The molecule has 28 heavy (non-hydrogen) atoms. The van der Waals surface area contributed by atoms with Gasteiger partial charge in [0, 0.05) is 36.8 Å². The molecule has 2 amide bonds. The maximum atomic E-state index is 13.0. The Morgan fingerprint density at radius 3 is 3.07 bits per heavy atom. The van der Waals surface area contributed by atoms with Gasteiger partial charge >= 0.3 is 0 Å². The van der Waals surface area contributed by atoms with Crippen LogP contribution in [-0.4, -0.2) is 50.7 Å². The van der Waals surface area contributed by atoms with Gasteiger partial charge in [-0.2, -0.15) is 0 Å². The molecule has 0 aromatic carbocycles. The van der Waals surface area contributed by atoms with Gasteiger partial charge in [0.2, 0.25) is 11.8 Å². The van der Waals surface area contributed by atoms with Crippen molar-refractivity contribution in [1.29, 1.82) is 0 Å². The fraction of sp³-hybridized carbons (Fsp3) is 0.500. The number of aliphatic hydroxyl groups is 1. The SMILES string of the molecule is O=C(Cc1cccnc1)N[C@@H]1C[C@@H](C(=O)N2CCc3nocc3C2)CC[C@H]1O. The van der Waals surface area contributed by atoms with Gasteiger partial charge in [0.05, 0.1) is 30.8 Å². The van der Waals surface area contributed by atoms with E-state index in [2.05, 4.69) is 15.5 Å². The minimum absolute atomic E-state index is 0.0743. The first-order valence-corrected chi connectivity index (χ1v) is 9.67. The zero-order valence-corrected chi connectivity index (χ0v) is 15.6. The number of fused-ring (bicyclic) bond motifs is 1. The largest absolute Gasteiger partial charge is 0.391 e. The Kier molecular flexibility index (Phi) is 5.38. The first kappa shape index (κ1) is 18.6. The Labute approximate surface area is 162 Å². The molecule has 148 valence electrons. The van der Waals surface area contributed by atoms with E-state index in [-0.39, 0.29) is 24.2 Å². The van der Waals surface area contributed by atoms with E-state index in [1.165, 1.54) is 0 Å². The molecule has 8 heteroatoms. The summed E-state index contributed by atoms with van der Waals surface area (Å²) in [6.07, 6.45) is 6.75. The molecule has 2 aromatic rings. The van der Waals surface area contributed by atoms with Gasteiger partial charge < -0.3 is 19.8 Å². The summed E-state index contributed by atoms with van der Waals surface area (Å²) in [5.41, 5.74) is 2.69. The highest BCUT2D eigenvalue weighted by atomic mass is 16.5. The molecule has 0 unspecified atom stereocenters. The number of aliphatic hydroxyl groups excluding tert-OH is 1. The predicted octanol–water partition coefficient (Wildman–Crippen LogP) is 0.843. The highest BCUT2D eigenvalue weighted by Gasteiger charge is 2.36. The zero-order valence-electron chi connectivity index (χ0n) is 15.6. The monoisotopic (exact) mass is 384 g/mol. The molecule has 2 aliphatic rings. The number of hydrogen-bond donors (Lipinski definition) is 2. The molecule has 4 rings (SSSR count). The number of carbonyl (C=O) groups is 2. The lowest BCUT2D eigenvalue weighted by Crippen LogP contribution is -2.50. The predicted molar refractivity (Wildman–Crippen MR) is 98.8 cm³/mol. The van der Waals surface area contributed by atoms with Gasteiger partial charge in [-0.3, -0.25) is 14.6 Å². The highest BCUT2D eigenvalue weighted by molar-refractivity contribution is 5.80. The number of nitrogens with one attached hydrogen (secondary N) is 1. The molecule has 1 aliphatic heterocycles. The van der Waals surface area contributed by atoms with Gasteiger partial charge in [-0.1, -0.05) is 11.2 Å². The summed E-state index contributed by atoms with van der Waals surface area (Å²) < 4.78 is 4.99. The summed E-state index contributed by atoms with van der Waals surface area (Å²) in [6, 6.07) is 3.21. The van der Waals surface area contributed by atoms with E-state index in [0.29, 0.717) is 38.8 Å². The molecular formula is C20H24N4O4. The summed E-state index contributed by atoms with van der Waals surface area (Å²) in [4.78, 5) is 31.2. The number of pyridine rings is 1. The molecule has 0 bridgehead atoms. The lowest BCUT2D eigenvalue weighted by atomic mass is 9.82. The van der Waals surface area contributed by atoms with Crippen molar-refractivity contribution in [3.05, 3.63) is 47.6 Å². The Balaban J connectivity index is 1.35. The third kappa shape index (κ3) is 4.06. The molecule has 0 saturated heterocycles. The smallest absolute Gasteiger partial charge is 0.226 e. The van der Waals surface area contributed by atoms with E-state index in [4.69, 9.17) is 4.52 Å². The van der Waals surface area contributed by atoms with E-state index in [9.17, 15) is 14.7 Å². The molecule has 0 radical (unpaired) electrons. The van der Waals surface area contributed by atoms with Crippen LogP contribution in [0.1, 0.15) is 36.1 Å². The number of aromatic nitrogens is 2. The molecule has 1 fully saturated rings. The van der Waals surface area contributed by atoms with Crippen LogP contribution in [0.25, 0.3) is 0 Å². The first-order chi connectivity index (χ1) is 13.6. The average molecular weight is 384 g/mol. The van der Waals surface area contributed by atoms with Crippen LogP contribution in [0.5, 0.6) is 0 Å². The van der Waals surface area contributed by atoms with Crippen molar-refractivity contribution in [1.82, 2.24) is 20.4 Å². The van der Waals surface area contributed by atoms with Crippen LogP contribution in [-0.2, 0) is 29.0 Å². The molecule has 0 spiro atoms. The van der Waals surface area contributed by atoms with Crippen LogP contribution in [0.4, 0.5) is 0 Å². The normalized spacial score (nSPS) is 24.5. The van der Waals surface area contributed by atoms with Crippen LogP contribution < -0.4 is 5.32 Å². The van der Waals surface area contributed by atoms with Crippen molar-refractivity contribution in [3.63, 3.8) is 0 Å². The van der Waals surface area contributed by atoms with Gasteiger partial charge in [0.15, 0.2) is 0 Å². The molecule has 3 atom stereocenters. The van der Waals surface area contributed by atoms with Crippen molar-refractivity contribution in [2.24, 2.45) is 5.92 Å². The van der Waals surface area contributed by atoms with Crippen molar-refractivity contribution in [2.75, 3.05) is 6.54 Å². The number of amides is 2. The van der Waals surface area contributed by atoms with E-state index in [1.807, 2.05) is 11.0 Å². The quantitative estimate of drug-likeness (QED) is 0.809. The third-order valence-corrected chi connectivity index (χ3v) is 5.62. The third-order valence-electron chi connectivity index (χ3n) is 5.62. The molecule has 1 aliphatic carbocycles. The van der Waals surface area contributed by atoms with E-state index >= 15 is 0 Å². The number of rotatable bonds is 4. The minimum atomic E-state index is -0.632. The van der Waals surface area contributed by atoms with E-state index < -0.39 is 12.1 Å². The van der Waals surface area contributed by atoms with Crippen molar-refractivity contribution in [3.8, 4) is 0 Å². The zero-order chi connectivity index (χ0) is 19.5. The van der Waals surface area contributed by atoms with Gasteiger partial charge in [0.1, 0.15) is 6.26 Å². The second-order valence-corrected chi connectivity index (χ2v) is 7.59. The fourth-order valence-electron chi connectivity index (χ4n) is 4.07. The number of nitrogens with zero attached hydrogens (tertiary/aromatic N) is 3. The minimum Gasteiger partial charge on any atom is -0.391 e. The van der Waals surface area contributed by atoms with Crippen LogP contribution in [0.3, 0.4) is 0 Å². The van der Waals surface area contributed by atoms with E-state index in [1.54, 1.807) is 24.7 Å². The second kappa shape index (κ2) is 8.10. The standard InChI is InChI=1S/C20H24N4O4/c25-18-4-3-14(20(27)24-7-5-16-15(11-24)12-28-23-16)9-17(18)22-19(26)8-13-2-1-6-21-10-13/h1-2,6,10,12,14,17-18,25H,3-5,7-9,11H2,(H,22,26)/t14-,17+,18+/m0/s1. The Bertz CT molecular complexity index is 838. The number of carbonyl (C=O) groups excluding carboxylic acids is 2. The lowest BCUT2D eigenvalue weighted by Gasteiger charge is -2.36. The maximum Gasteiger partial charge on any atom is 0.226 e. The highest BCUT2D eigenvalue weighted by Crippen LogP contribution is 2.28. The summed E-state index contributed by atoms with van der Waals surface area (Å²) in [6.45, 7) is 1.13. The van der Waals surface area contributed by atoms with Crippen molar-refractivity contribution < 1.29 is 19.2 Å². The summed E-state index contributed by atoms with van der Waals surface area (Å²) in [7, 11) is 0. The molecule has 1 saturated carbocycles. The van der Waals surface area contributed by atoms with Crippen LogP contribution in [0.15, 0.2) is 35.3 Å². The van der Waals surface area contributed by atoms with Gasteiger partial charge in [-0.25, -0.2) is 0 Å². The lowest BCUT2D eigenvalue weighted by molar-refractivity contribution is -0.139. The molecule has 3 heterocycles. The Morgan fingerprint density at radius 2 is 2.25 bits per heavy atom. The molecule has 2 aromatic heterocycles. The van der Waals surface area contributed by atoms with Crippen LogP contribution in [0, 0.1) is 5.92 Å². The Morgan fingerprint density at radius 1 is 1.36 bits per heavy atom. The van der Waals surface area contributed by atoms with Crippen molar-refractivity contribution >= 4 is 11.8 Å². The summed E-state index contributed by atoms with van der Waals surface area (Å²) >= 11 is 0. The maximum absolute atomic E-state index is 13.0. The van der Waals surface area contributed by atoms with Gasteiger partial charge in [-0.15, -0.1) is 0 Å². The van der Waals surface area contributed by atoms with Crippen molar-refractivity contribution in [2.45, 2.75) is 50.8 Å². The fourth-order valence-corrected chi connectivity index (χ4v) is 4.07. The number of hydrogen-bond acceptors (Lipinski definition) is 6. The van der Waals surface area contributed by atoms with Crippen LogP contribution >= 0.6 is 0 Å². The van der Waals surface area contributed by atoms with E-state index in [0.717, 1.165) is 16.8 Å². The topological polar surface area (TPSA) is 109 Å². The molecular weight excluding hydrogens is 360 g/mol. The van der Waals surface area contributed by atoms with Gasteiger partial charge in [0.25, 0.3) is 0 Å². The molecule has 2 N–H and O–H groups in total.